The molecule has 0 N–H and O–H groups in total. The first kappa shape index (κ1) is 23.3. The zero-order chi connectivity index (χ0) is 22.5. The summed E-state index contributed by atoms with van der Waals surface area (Å²) in [6.07, 6.45) is 6.03. The van der Waals surface area contributed by atoms with Gasteiger partial charge in [-0.3, -0.25) is 9.48 Å². The second kappa shape index (κ2) is 10.8. The molecule has 174 valence electrons. The molecular weight excluding hydrogens is 424 g/mol. The quantitative estimate of drug-likeness (QED) is 0.597. The van der Waals surface area contributed by atoms with Crippen LogP contribution in [0.1, 0.15) is 34.6 Å². The Bertz CT molecular complexity index is 880. The minimum Gasteiger partial charge on any atom is -0.383 e. The topological polar surface area (TPSA) is 59.8 Å². The summed E-state index contributed by atoms with van der Waals surface area (Å²) in [4.78, 5) is 18.8. The van der Waals surface area contributed by atoms with Gasteiger partial charge in [-0.1, -0.05) is 25.3 Å². The van der Waals surface area contributed by atoms with E-state index in [1.807, 2.05) is 17.1 Å². The van der Waals surface area contributed by atoms with Gasteiger partial charge < -0.3 is 19.3 Å². The number of rotatable bonds is 8. The molecule has 3 aliphatic rings. The predicted octanol–water partition coefficient (Wildman–Crippen LogP) is 3.04. The summed E-state index contributed by atoms with van der Waals surface area (Å²) < 4.78 is 12.7. The maximum Gasteiger partial charge on any atom is 0.274 e. The molecule has 0 unspecified atom stereocenters. The van der Waals surface area contributed by atoms with Gasteiger partial charge in [0.25, 0.3) is 5.91 Å². The minimum atomic E-state index is 0.0174. The highest BCUT2D eigenvalue weighted by Gasteiger charge is 2.32. The van der Waals surface area contributed by atoms with Crippen LogP contribution in [0.2, 0.25) is 0 Å². The number of fused-ring (bicyclic) bond motifs is 1. The summed E-state index contributed by atoms with van der Waals surface area (Å²) >= 11 is 1.71. The lowest BCUT2D eigenvalue weighted by Gasteiger charge is -2.32. The summed E-state index contributed by atoms with van der Waals surface area (Å²) in [5, 5.41) is 4.92. The van der Waals surface area contributed by atoms with Crippen LogP contribution >= 0.6 is 11.8 Å². The molecule has 0 atom stereocenters. The van der Waals surface area contributed by atoms with Crippen molar-refractivity contribution >= 4 is 23.2 Å². The van der Waals surface area contributed by atoms with Crippen LogP contribution in [0.5, 0.6) is 0 Å². The number of aromatic nitrogens is 2. The highest BCUT2D eigenvalue weighted by atomic mass is 32.2. The number of nitrogens with zero attached hydrogens (tertiary/aromatic N) is 4. The molecule has 2 saturated heterocycles. The van der Waals surface area contributed by atoms with Gasteiger partial charge >= 0.3 is 0 Å². The normalized spacial score (nSPS) is 20.3. The van der Waals surface area contributed by atoms with E-state index in [2.05, 4.69) is 22.7 Å². The Morgan fingerprint density at radius 2 is 1.97 bits per heavy atom. The Labute approximate surface area is 195 Å². The molecule has 1 aromatic heterocycles. The molecule has 0 aromatic carbocycles. The first-order valence-electron chi connectivity index (χ1n) is 11.5. The molecule has 3 aliphatic heterocycles. The fourth-order valence-electron chi connectivity index (χ4n) is 4.73. The fraction of sp³-hybridized carbons (Fsp3) is 0.583. The smallest absolute Gasteiger partial charge is 0.274 e. The number of thioether (sulfide) groups is 1. The molecule has 8 heteroatoms. The van der Waals surface area contributed by atoms with Gasteiger partial charge in [-0.15, -0.1) is 11.8 Å². The van der Waals surface area contributed by atoms with Gasteiger partial charge in [0.1, 0.15) is 0 Å². The second-order valence-corrected chi connectivity index (χ2v) is 9.53. The minimum absolute atomic E-state index is 0.0174. The molecule has 32 heavy (non-hydrogen) atoms. The Morgan fingerprint density at radius 1 is 1.22 bits per heavy atom. The highest BCUT2D eigenvalue weighted by molar-refractivity contribution is 8.02. The zero-order valence-electron chi connectivity index (χ0n) is 19.1. The number of amides is 1. The molecule has 0 aliphatic carbocycles. The third-order valence-corrected chi connectivity index (χ3v) is 7.71. The van der Waals surface area contributed by atoms with Gasteiger partial charge in [0.15, 0.2) is 5.69 Å². The van der Waals surface area contributed by atoms with Crippen LogP contribution in [0.3, 0.4) is 0 Å². The number of piperidine rings is 1. The number of ether oxygens (including phenoxy) is 2. The molecule has 1 amide bonds. The van der Waals surface area contributed by atoms with E-state index in [4.69, 9.17) is 14.6 Å². The van der Waals surface area contributed by atoms with Crippen molar-refractivity contribution in [2.24, 2.45) is 5.92 Å². The summed E-state index contributed by atoms with van der Waals surface area (Å²) in [5.74, 6) is 1.29. The maximum absolute atomic E-state index is 13.4. The van der Waals surface area contributed by atoms with E-state index in [0.717, 1.165) is 73.1 Å². The van der Waals surface area contributed by atoms with E-state index in [1.165, 1.54) is 0 Å². The van der Waals surface area contributed by atoms with Crippen molar-refractivity contribution in [3.05, 3.63) is 47.2 Å². The van der Waals surface area contributed by atoms with E-state index in [-0.39, 0.29) is 5.91 Å². The van der Waals surface area contributed by atoms with Crippen LogP contribution < -0.4 is 0 Å². The number of morpholine rings is 1. The van der Waals surface area contributed by atoms with E-state index < -0.39 is 0 Å². The lowest BCUT2D eigenvalue weighted by atomic mass is 9.96. The van der Waals surface area contributed by atoms with Gasteiger partial charge in [0, 0.05) is 55.1 Å². The van der Waals surface area contributed by atoms with Crippen LogP contribution in [0.15, 0.2) is 30.2 Å². The zero-order valence-corrected chi connectivity index (χ0v) is 19.9. The second-order valence-electron chi connectivity index (χ2n) is 8.52. The molecule has 0 radical (unpaired) electrons. The fourth-order valence-corrected chi connectivity index (χ4v) is 5.75. The van der Waals surface area contributed by atoms with E-state index in [0.29, 0.717) is 37.9 Å². The third kappa shape index (κ3) is 4.88. The number of allylic oxidation sites excluding steroid dienone is 3. The standard InChI is InChI=1S/C24H34N4O3S/c1-4-19-21(5-2)32-17-20-22(24(29)27-11-14-31-15-12-27)25-28(23(19)20)16-18-6-8-26(9-7-18)10-13-30-3/h4-5,18H,1-2,6-17H2,3H3. The summed E-state index contributed by atoms with van der Waals surface area (Å²) in [7, 11) is 1.75. The molecule has 2 fully saturated rings. The Hall–Kier alpha value is -1.87. The third-order valence-electron chi connectivity index (χ3n) is 6.58. The molecular formula is C24H34N4O3S. The van der Waals surface area contributed by atoms with Crippen molar-refractivity contribution in [2.45, 2.75) is 25.1 Å². The maximum atomic E-state index is 13.4. The monoisotopic (exact) mass is 458 g/mol. The number of likely N-dealkylation sites (tertiary alicyclic amines) is 1. The first-order valence-corrected chi connectivity index (χ1v) is 12.4. The molecule has 1 aromatic rings. The van der Waals surface area contributed by atoms with Crippen molar-refractivity contribution in [3.63, 3.8) is 0 Å². The van der Waals surface area contributed by atoms with Gasteiger partial charge in [-0.25, -0.2) is 0 Å². The van der Waals surface area contributed by atoms with E-state index in [9.17, 15) is 4.79 Å². The van der Waals surface area contributed by atoms with Crippen molar-refractivity contribution in [1.82, 2.24) is 19.6 Å². The van der Waals surface area contributed by atoms with Crippen LogP contribution in [-0.2, 0) is 21.8 Å². The highest BCUT2D eigenvalue weighted by Crippen LogP contribution is 2.41. The van der Waals surface area contributed by atoms with Crippen LogP contribution in [-0.4, -0.2) is 85.1 Å². The summed E-state index contributed by atoms with van der Waals surface area (Å²) in [6, 6.07) is 0. The van der Waals surface area contributed by atoms with Crippen molar-refractivity contribution in [3.8, 4) is 0 Å². The van der Waals surface area contributed by atoms with E-state index in [1.54, 1.807) is 18.9 Å². The van der Waals surface area contributed by atoms with Crippen molar-refractivity contribution < 1.29 is 14.3 Å². The van der Waals surface area contributed by atoms with Crippen molar-refractivity contribution in [1.29, 1.82) is 0 Å². The SMILES string of the molecule is C=CC1=C(C=C)c2c(c(C(=O)N3CCOCC3)nn2CC2CCN(CCOC)CC2)CS1. The molecule has 0 bridgehead atoms. The average Bonchev–Trinajstić information content (AvgIpc) is 3.21. The van der Waals surface area contributed by atoms with Crippen LogP contribution in [0.4, 0.5) is 0 Å². The van der Waals surface area contributed by atoms with Crippen LogP contribution in [0, 0.1) is 5.92 Å². The molecule has 7 nitrogen and oxygen atoms in total. The summed E-state index contributed by atoms with van der Waals surface area (Å²) in [5.41, 5.74) is 3.71. The van der Waals surface area contributed by atoms with Crippen LogP contribution in [0.25, 0.3) is 5.57 Å². The van der Waals surface area contributed by atoms with Gasteiger partial charge in [0.2, 0.25) is 0 Å². The van der Waals surface area contributed by atoms with Gasteiger partial charge in [0.05, 0.1) is 25.5 Å². The van der Waals surface area contributed by atoms with Crippen molar-refractivity contribution in [2.75, 3.05) is 59.7 Å². The first-order chi connectivity index (χ1) is 15.7. The number of hydrogen-bond acceptors (Lipinski definition) is 6. The lowest BCUT2D eigenvalue weighted by molar-refractivity contribution is 0.0297. The summed E-state index contributed by atoms with van der Waals surface area (Å²) in [6.45, 7) is 15.2. The molecule has 0 spiro atoms. The lowest BCUT2D eigenvalue weighted by Crippen LogP contribution is -2.41. The van der Waals surface area contributed by atoms with Gasteiger partial charge in [-0.05, 0) is 31.8 Å². The average molecular weight is 459 g/mol. The molecule has 4 heterocycles. The predicted molar refractivity (Wildman–Crippen MR) is 129 cm³/mol. The number of carbonyl (C=O) groups excluding carboxylic acids is 1. The number of methoxy groups -OCH3 is 1. The largest absolute Gasteiger partial charge is 0.383 e. The number of carbonyl (C=O) groups is 1. The Morgan fingerprint density at radius 3 is 2.62 bits per heavy atom. The van der Waals surface area contributed by atoms with E-state index >= 15 is 0 Å². The number of hydrogen-bond donors (Lipinski definition) is 0. The molecule has 0 saturated carbocycles. The Kier molecular flexibility index (Phi) is 7.88. The Balaban J connectivity index is 1.60. The van der Waals surface area contributed by atoms with Gasteiger partial charge in [-0.2, -0.15) is 5.10 Å². The molecule has 4 rings (SSSR count).